The van der Waals surface area contributed by atoms with Crippen LogP contribution in [-0.4, -0.2) is 26.9 Å². The molecule has 4 rings (SSSR count). The van der Waals surface area contributed by atoms with Gasteiger partial charge >= 0.3 is 5.97 Å². The Morgan fingerprint density at radius 3 is 2.17 bits per heavy atom. The van der Waals surface area contributed by atoms with Crippen molar-refractivity contribution in [1.82, 2.24) is 0 Å². The number of carbonyl (C=O) groups excluding carboxylic acids is 2. The van der Waals surface area contributed by atoms with Crippen LogP contribution in [0.2, 0.25) is 5.02 Å². The minimum absolute atomic E-state index is 0.0327. The number of ether oxygens (including phenoxy) is 1. The van der Waals surface area contributed by atoms with Crippen LogP contribution >= 0.6 is 11.6 Å². The molecule has 1 amide bonds. The van der Waals surface area contributed by atoms with E-state index in [1.165, 1.54) is 4.31 Å². The van der Waals surface area contributed by atoms with Gasteiger partial charge in [-0.3, -0.25) is 9.10 Å². The Kier molecular flexibility index (Phi) is 8.92. The van der Waals surface area contributed by atoms with Crippen LogP contribution in [0.15, 0.2) is 95.9 Å². The van der Waals surface area contributed by atoms with E-state index in [1.54, 1.807) is 105 Å². The first-order valence-corrected chi connectivity index (χ1v) is 14.4. The van der Waals surface area contributed by atoms with E-state index in [1.807, 2.05) is 6.92 Å². The standard InChI is InChI=1S/C31H29ClN2O5S/c1-4-39-31(36)26-9-7-10-28(22(26)3)33-30(35)27-8-5-6-11-29(27)34(20-23-14-16-24(32)17-15-23)40(37,38)25-18-12-21(2)13-19-25/h5-19H,4,20H2,1-3H3,(H,33,35). The van der Waals surface area contributed by atoms with Crippen LogP contribution in [0.1, 0.15) is 44.3 Å². The summed E-state index contributed by atoms with van der Waals surface area (Å²) in [5.74, 6) is -1.02. The number of hydrogen-bond acceptors (Lipinski definition) is 5. The molecule has 0 saturated heterocycles. The highest BCUT2D eigenvalue weighted by atomic mass is 35.5. The third kappa shape index (κ3) is 6.35. The Morgan fingerprint density at radius 1 is 0.850 bits per heavy atom. The van der Waals surface area contributed by atoms with Crippen molar-refractivity contribution in [1.29, 1.82) is 0 Å². The van der Waals surface area contributed by atoms with Crippen molar-refractivity contribution < 1.29 is 22.7 Å². The van der Waals surface area contributed by atoms with Crippen molar-refractivity contribution in [2.24, 2.45) is 0 Å². The molecule has 1 N–H and O–H groups in total. The molecular weight excluding hydrogens is 548 g/mol. The van der Waals surface area contributed by atoms with Crippen molar-refractivity contribution in [3.63, 3.8) is 0 Å². The molecule has 0 bridgehead atoms. The summed E-state index contributed by atoms with van der Waals surface area (Å²) in [7, 11) is -4.08. The fourth-order valence-electron chi connectivity index (χ4n) is 4.17. The summed E-state index contributed by atoms with van der Waals surface area (Å²) in [6.45, 7) is 5.50. The fraction of sp³-hybridized carbons (Fsp3) is 0.161. The van der Waals surface area contributed by atoms with E-state index in [2.05, 4.69) is 5.32 Å². The Morgan fingerprint density at radius 2 is 1.50 bits per heavy atom. The average Bonchev–Trinajstić information content (AvgIpc) is 2.94. The second-order valence-electron chi connectivity index (χ2n) is 9.12. The highest BCUT2D eigenvalue weighted by molar-refractivity contribution is 7.92. The van der Waals surface area contributed by atoms with Crippen molar-refractivity contribution in [3.8, 4) is 0 Å². The molecule has 9 heteroatoms. The summed E-state index contributed by atoms with van der Waals surface area (Å²) in [6, 6.07) is 24.9. The predicted octanol–water partition coefficient (Wildman–Crippen LogP) is 6.78. The Bertz CT molecular complexity index is 1640. The van der Waals surface area contributed by atoms with Crippen LogP contribution in [0.4, 0.5) is 11.4 Å². The number of carbonyl (C=O) groups is 2. The van der Waals surface area contributed by atoms with Crippen LogP contribution in [0.5, 0.6) is 0 Å². The quantitative estimate of drug-likeness (QED) is 0.222. The topological polar surface area (TPSA) is 92.8 Å². The normalized spacial score (nSPS) is 11.1. The molecule has 0 fully saturated rings. The Labute approximate surface area is 239 Å². The number of hydrogen-bond donors (Lipinski definition) is 1. The van der Waals surface area contributed by atoms with Gasteiger partial charge in [-0.15, -0.1) is 0 Å². The molecule has 0 saturated carbocycles. The SMILES string of the molecule is CCOC(=O)c1cccc(NC(=O)c2ccccc2N(Cc2ccc(Cl)cc2)S(=O)(=O)c2ccc(C)cc2)c1C. The molecule has 0 heterocycles. The molecule has 206 valence electrons. The number of rotatable bonds is 9. The first-order chi connectivity index (χ1) is 19.1. The maximum absolute atomic E-state index is 14.0. The van der Waals surface area contributed by atoms with E-state index in [0.717, 1.165) is 5.56 Å². The number of nitrogens with zero attached hydrogens (tertiary/aromatic N) is 1. The van der Waals surface area contributed by atoms with Gasteiger partial charge in [0.15, 0.2) is 0 Å². The predicted molar refractivity (Wildman–Crippen MR) is 158 cm³/mol. The van der Waals surface area contributed by atoms with Crippen LogP contribution in [0.3, 0.4) is 0 Å². The lowest BCUT2D eigenvalue weighted by Gasteiger charge is -2.27. The van der Waals surface area contributed by atoms with Gasteiger partial charge in [0.2, 0.25) is 0 Å². The number of halogens is 1. The summed E-state index contributed by atoms with van der Waals surface area (Å²) >= 11 is 6.06. The zero-order valence-corrected chi connectivity index (χ0v) is 23.9. The number of nitrogens with one attached hydrogen (secondary N) is 1. The first kappa shape index (κ1) is 28.9. The number of amides is 1. The van der Waals surface area contributed by atoms with Gasteiger partial charge in [-0.1, -0.05) is 59.6 Å². The maximum Gasteiger partial charge on any atom is 0.338 e. The summed E-state index contributed by atoms with van der Waals surface area (Å²) in [4.78, 5) is 26.1. The molecule has 0 aliphatic heterocycles. The average molecular weight is 577 g/mol. The number of para-hydroxylation sites is 1. The molecule has 40 heavy (non-hydrogen) atoms. The third-order valence-corrected chi connectivity index (χ3v) is 8.37. The van der Waals surface area contributed by atoms with Crippen molar-refractivity contribution in [2.45, 2.75) is 32.2 Å². The van der Waals surface area contributed by atoms with Gasteiger partial charge in [0.25, 0.3) is 15.9 Å². The largest absolute Gasteiger partial charge is 0.462 e. The van der Waals surface area contributed by atoms with Gasteiger partial charge in [-0.25, -0.2) is 13.2 Å². The van der Waals surface area contributed by atoms with Crippen LogP contribution in [0, 0.1) is 13.8 Å². The van der Waals surface area contributed by atoms with Crippen LogP contribution in [0.25, 0.3) is 0 Å². The molecule has 0 radical (unpaired) electrons. The van der Waals surface area contributed by atoms with Crippen molar-refractivity contribution in [2.75, 3.05) is 16.2 Å². The fourth-order valence-corrected chi connectivity index (χ4v) is 5.76. The zero-order valence-electron chi connectivity index (χ0n) is 22.3. The highest BCUT2D eigenvalue weighted by Crippen LogP contribution is 2.31. The van der Waals surface area contributed by atoms with Gasteiger partial charge in [-0.2, -0.15) is 0 Å². The van der Waals surface area contributed by atoms with E-state index in [9.17, 15) is 18.0 Å². The molecule has 0 unspecified atom stereocenters. The van der Waals surface area contributed by atoms with Crippen LogP contribution in [-0.2, 0) is 21.3 Å². The molecule has 0 atom stereocenters. The van der Waals surface area contributed by atoms with Gasteiger partial charge in [0.1, 0.15) is 0 Å². The minimum atomic E-state index is -4.08. The molecular formula is C31H29ClN2O5S. The molecule has 4 aromatic rings. The van der Waals surface area contributed by atoms with Gasteiger partial charge < -0.3 is 10.1 Å². The first-order valence-electron chi connectivity index (χ1n) is 12.6. The molecule has 0 aliphatic rings. The van der Waals surface area contributed by atoms with Gasteiger partial charge in [0, 0.05) is 10.7 Å². The van der Waals surface area contributed by atoms with Crippen molar-refractivity contribution in [3.05, 3.63) is 124 Å². The second kappa shape index (κ2) is 12.4. The highest BCUT2D eigenvalue weighted by Gasteiger charge is 2.29. The number of anilines is 2. The maximum atomic E-state index is 14.0. The number of esters is 1. The summed E-state index contributed by atoms with van der Waals surface area (Å²) in [5, 5.41) is 3.37. The lowest BCUT2D eigenvalue weighted by Crippen LogP contribution is -2.32. The van der Waals surface area contributed by atoms with E-state index in [4.69, 9.17) is 16.3 Å². The molecule has 0 aromatic heterocycles. The van der Waals surface area contributed by atoms with E-state index >= 15 is 0 Å². The lowest BCUT2D eigenvalue weighted by molar-refractivity contribution is 0.0525. The van der Waals surface area contributed by atoms with E-state index in [0.29, 0.717) is 27.4 Å². The molecule has 4 aromatic carbocycles. The summed E-state index contributed by atoms with van der Waals surface area (Å²) in [6.07, 6.45) is 0. The summed E-state index contributed by atoms with van der Waals surface area (Å²) in [5.41, 5.74) is 3.24. The molecule has 0 aliphatic carbocycles. The van der Waals surface area contributed by atoms with Gasteiger partial charge in [0.05, 0.1) is 34.9 Å². The smallest absolute Gasteiger partial charge is 0.338 e. The monoisotopic (exact) mass is 576 g/mol. The minimum Gasteiger partial charge on any atom is -0.462 e. The van der Waals surface area contributed by atoms with E-state index < -0.39 is 21.9 Å². The van der Waals surface area contributed by atoms with E-state index in [-0.39, 0.29) is 29.3 Å². The molecule has 0 spiro atoms. The number of sulfonamides is 1. The Hall–Kier alpha value is -4.14. The van der Waals surface area contributed by atoms with Gasteiger partial charge in [-0.05, 0) is 80.4 Å². The zero-order chi connectivity index (χ0) is 28.9. The number of aryl methyl sites for hydroxylation is 1. The Balaban J connectivity index is 1.77. The lowest BCUT2D eigenvalue weighted by atomic mass is 10.1. The third-order valence-electron chi connectivity index (χ3n) is 6.34. The molecule has 7 nitrogen and oxygen atoms in total. The number of benzene rings is 4. The second-order valence-corrected chi connectivity index (χ2v) is 11.4. The summed E-state index contributed by atoms with van der Waals surface area (Å²) < 4.78 is 34.3. The van der Waals surface area contributed by atoms with Crippen LogP contribution < -0.4 is 9.62 Å². The van der Waals surface area contributed by atoms with Crippen molar-refractivity contribution >= 4 is 44.9 Å².